The van der Waals surface area contributed by atoms with E-state index in [9.17, 15) is 9.18 Å². The zero-order valence-corrected chi connectivity index (χ0v) is 14.1. The first-order valence-electron chi connectivity index (χ1n) is 8.19. The molecule has 0 radical (unpaired) electrons. The van der Waals surface area contributed by atoms with E-state index in [-0.39, 0.29) is 23.4 Å². The molecular weight excluding hydrogens is 333 g/mol. The van der Waals surface area contributed by atoms with Crippen molar-refractivity contribution in [2.75, 3.05) is 0 Å². The Morgan fingerprint density at radius 3 is 2.73 bits per heavy atom. The van der Waals surface area contributed by atoms with Gasteiger partial charge in [-0.25, -0.2) is 14.1 Å². The van der Waals surface area contributed by atoms with E-state index >= 15 is 0 Å². The summed E-state index contributed by atoms with van der Waals surface area (Å²) in [7, 11) is 0. The molecule has 0 N–H and O–H groups in total. The van der Waals surface area contributed by atoms with Crippen LogP contribution < -0.4 is 5.56 Å². The number of nitrogens with zero attached hydrogens (tertiary/aromatic N) is 5. The SMILES string of the molecule is Cc1cccc(Cn2cnc3c(nnn3Cc3ccccc3F)c2=O)c1. The van der Waals surface area contributed by atoms with Gasteiger partial charge in [0.25, 0.3) is 5.56 Å². The molecule has 0 amide bonds. The number of benzene rings is 2. The summed E-state index contributed by atoms with van der Waals surface area (Å²) in [6, 6.07) is 14.4. The van der Waals surface area contributed by atoms with Crippen LogP contribution in [0.15, 0.2) is 59.7 Å². The molecule has 0 bridgehead atoms. The topological polar surface area (TPSA) is 65.6 Å². The van der Waals surface area contributed by atoms with E-state index in [2.05, 4.69) is 15.3 Å². The van der Waals surface area contributed by atoms with Crippen molar-refractivity contribution in [3.05, 3.63) is 87.7 Å². The normalized spacial score (nSPS) is 11.2. The maximum atomic E-state index is 13.9. The van der Waals surface area contributed by atoms with Crippen LogP contribution in [0.1, 0.15) is 16.7 Å². The molecule has 0 fully saturated rings. The van der Waals surface area contributed by atoms with Gasteiger partial charge in [0.15, 0.2) is 11.2 Å². The third-order valence-corrected chi connectivity index (χ3v) is 4.21. The Morgan fingerprint density at radius 1 is 1.08 bits per heavy atom. The zero-order valence-electron chi connectivity index (χ0n) is 14.1. The van der Waals surface area contributed by atoms with Crippen molar-refractivity contribution in [3.8, 4) is 0 Å². The fourth-order valence-corrected chi connectivity index (χ4v) is 2.90. The quantitative estimate of drug-likeness (QED) is 0.568. The van der Waals surface area contributed by atoms with Crippen molar-refractivity contribution in [2.24, 2.45) is 0 Å². The van der Waals surface area contributed by atoms with Gasteiger partial charge >= 0.3 is 0 Å². The Labute approximate surface area is 148 Å². The second kappa shape index (κ2) is 6.51. The molecule has 0 aliphatic rings. The standard InChI is InChI=1S/C19H16FN5O/c1-13-5-4-6-14(9-13)10-24-12-21-18-17(19(24)26)22-23-25(18)11-15-7-2-3-8-16(15)20/h2-9,12H,10-11H2,1H3. The van der Waals surface area contributed by atoms with Crippen LogP contribution >= 0.6 is 0 Å². The van der Waals surface area contributed by atoms with Crippen LogP contribution in [-0.4, -0.2) is 24.5 Å². The lowest BCUT2D eigenvalue weighted by Gasteiger charge is -2.07. The molecule has 0 atom stereocenters. The Morgan fingerprint density at radius 2 is 1.92 bits per heavy atom. The van der Waals surface area contributed by atoms with Crippen LogP contribution in [0.25, 0.3) is 11.2 Å². The summed E-state index contributed by atoms with van der Waals surface area (Å²) in [5.41, 5.74) is 2.85. The number of fused-ring (bicyclic) bond motifs is 1. The highest BCUT2D eigenvalue weighted by atomic mass is 19.1. The monoisotopic (exact) mass is 349 g/mol. The second-order valence-electron chi connectivity index (χ2n) is 6.18. The summed E-state index contributed by atoms with van der Waals surface area (Å²) in [5, 5.41) is 7.94. The van der Waals surface area contributed by atoms with E-state index in [0.29, 0.717) is 17.8 Å². The van der Waals surface area contributed by atoms with E-state index < -0.39 is 0 Å². The highest BCUT2D eigenvalue weighted by Crippen LogP contribution is 2.11. The number of aryl methyl sites for hydroxylation is 1. The van der Waals surface area contributed by atoms with Crippen molar-refractivity contribution in [1.82, 2.24) is 24.5 Å². The lowest BCUT2D eigenvalue weighted by Crippen LogP contribution is -2.21. The molecule has 4 rings (SSSR count). The second-order valence-corrected chi connectivity index (χ2v) is 6.18. The van der Waals surface area contributed by atoms with E-state index in [1.807, 2.05) is 31.2 Å². The predicted octanol–water partition coefficient (Wildman–Crippen LogP) is 2.53. The lowest BCUT2D eigenvalue weighted by atomic mass is 10.1. The third kappa shape index (κ3) is 2.99. The van der Waals surface area contributed by atoms with E-state index in [1.165, 1.54) is 21.6 Å². The van der Waals surface area contributed by atoms with Gasteiger partial charge in [0.05, 0.1) is 13.1 Å². The third-order valence-electron chi connectivity index (χ3n) is 4.21. The predicted molar refractivity (Wildman–Crippen MR) is 95.4 cm³/mol. The minimum atomic E-state index is -0.330. The van der Waals surface area contributed by atoms with Crippen LogP contribution in [0.2, 0.25) is 0 Å². The molecule has 0 saturated carbocycles. The van der Waals surface area contributed by atoms with Gasteiger partial charge < -0.3 is 0 Å². The highest BCUT2D eigenvalue weighted by Gasteiger charge is 2.13. The van der Waals surface area contributed by atoms with Crippen molar-refractivity contribution < 1.29 is 4.39 Å². The fourth-order valence-electron chi connectivity index (χ4n) is 2.90. The Hall–Kier alpha value is -3.35. The Bertz CT molecular complexity index is 1150. The molecule has 0 unspecified atom stereocenters. The van der Waals surface area contributed by atoms with E-state index in [4.69, 9.17) is 0 Å². The van der Waals surface area contributed by atoms with Gasteiger partial charge in [-0.1, -0.05) is 53.2 Å². The number of halogens is 1. The molecule has 2 aromatic heterocycles. The van der Waals surface area contributed by atoms with E-state index in [0.717, 1.165) is 11.1 Å². The molecule has 6 nitrogen and oxygen atoms in total. The molecule has 26 heavy (non-hydrogen) atoms. The summed E-state index contributed by atoms with van der Waals surface area (Å²) in [5.74, 6) is -0.330. The van der Waals surface area contributed by atoms with Crippen LogP contribution in [0.3, 0.4) is 0 Å². The smallest absolute Gasteiger partial charge is 0.283 e. The molecule has 0 spiro atoms. The van der Waals surface area contributed by atoms with Crippen LogP contribution in [-0.2, 0) is 13.1 Å². The molecule has 7 heteroatoms. The first kappa shape index (κ1) is 16.1. The highest BCUT2D eigenvalue weighted by molar-refractivity contribution is 5.67. The van der Waals surface area contributed by atoms with Crippen LogP contribution in [0.4, 0.5) is 4.39 Å². The maximum Gasteiger partial charge on any atom is 0.283 e. The van der Waals surface area contributed by atoms with Gasteiger partial charge in [-0.15, -0.1) is 5.10 Å². The average molecular weight is 349 g/mol. The van der Waals surface area contributed by atoms with Crippen LogP contribution in [0, 0.1) is 12.7 Å². The van der Waals surface area contributed by atoms with Crippen molar-refractivity contribution in [1.29, 1.82) is 0 Å². The summed E-state index contributed by atoms with van der Waals surface area (Å²) in [6.45, 7) is 2.57. The number of rotatable bonds is 4. The number of aromatic nitrogens is 5. The average Bonchev–Trinajstić information content (AvgIpc) is 3.03. The first-order chi connectivity index (χ1) is 12.6. The molecule has 2 heterocycles. The van der Waals surface area contributed by atoms with Gasteiger partial charge in [0, 0.05) is 5.56 Å². The lowest BCUT2D eigenvalue weighted by molar-refractivity contribution is 0.581. The van der Waals surface area contributed by atoms with Crippen molar-refractivity contribution in [3.63, 3.8) is 0 Å². The van der Waals surface area contributed by atoms with Crippen molar-refractivity contribution >= 4 is 11.2 Å². The Kier molecular flexibility index (Phi) is 4.04. The Balaban J connectivity index is 1.69. The zero-order chi connectivity index (χ0) is 18.1. The van der Waals surface area contributed by atoms with E-state index in [1.54, 1.807) is 18.2 Å². The van der Waals surface area contributed by atoms with Gasteiger partial charge in [0.2, 0.25) is 0 Å². The molecule has 0 saturated heterocycles. The number of hydrogen-bond donors (Lipinski definition) is 0. The molecule has 130 valence electrons. The largest absolute Gasteiger partial charge is 0.293 e. The van der Waals surface area contributed by atoms with Gasteiger partial charge in [-0.05, 0) is 18.6 Å². The number of hydrogen-bond acceptors (Lipinski definition) is 4. The molecule has 0 aliphatic heterocycles. The van der Waals surface area contributed by atoms with Gasteiger partial charge in [-0.2, -0.15) is 0 Å². The van der Waals surface area contributed by atoms with Gasteiger partial charge in [0.1, 0.15) is 12.1 Å². The molecule has 0 aliphatic carbocycles. The van der Waals surface area contributed by atoms with Crippen molar-refractivity contribution in [2.45, 2.75) is 20.0 Å². The minimum Gasteiger partial charge on any atom is -0.293 e. The summed E-state index contributed by atoms with van der Waals surface area (Å²) >= 11 is 0. The molecule has 2 aromatic carbocycles. The van der Waals surface area contributed by atoms with Crippen LogP contribution in [0.5, 0.6) is 0 Å². The summed E-state index contributed by atoms with van der Waals surface area (Å²) in [6.07, 6.45) is 1.48. The summed E-state index contributed by atoms with van der Waals surface area (Å²) < 4.78 is 16.8. The summed E-state index contributed by atoms with van der Waals surface area (Å²) in [4.78, 5) is 17.0. The molecule has 4 aromatic rings. The molecular formula is C19H16FN5O. The fraction of sp³-hybridized carbons (Fsp3) is 0.158. The minimum absolute atomic E-state index is 0.164. The first-order valence-corrected chi connectivity index (χ1v) is 8.19. The maximum absolute atomic E-state index is 13.9. The van der Waals surface area contributed by atoms with Gasteiger partial charge in [-0.3, -0.25) is 9.36 Å².